The summed E-state index contributed by atoms with van der Waals surface area (Å²) in [5, 5.41) is 0. The van der Waals surface area contributed by atoms with Crippen molar-refractivity contribution in [2.45, 2.75) is 38.3 Å². The maximum absolute atomic E-state index is 13.7. The van der Waals surface area contributed by atoms with E-state index >= 15 is 0 Å². The van der Waals surface area contributed by atoms with Gasteiger partial charge < -0.3 is 19.1 Å². The van der Waals surface area contributed by atoms with Crippen LogP contribution in [-0.4, -0.2) is 79.7 Å². The molecular formula is C29H35N3O5. The van der Waals surface area contributed by atoms with Crippen molar-refractivity contribution in [2.24, 2.45) is 0 Å². The number of nitrogens with zero attached hydrogens (tertiary/aromatic N) is 3. The number of benzene rings is 2. The molecule has 2 aliphatic rings. The molecule has 8 heteroatoms. The minimum Gasteiger partial charge on any atom is -0.496 e. The van der Waals surface area contributed by atoms with Gasteiger partial charge in [-0.3, -0.25) is 14.6 Å². The summed E-state index contributed by atoms with van der Waals surface area (Å²) in [5.41, 5.74) is 1.23. The van der Waals surface area contributed by atoms with Gasteiger partial charge in [-0.2, -0.15) is 0 Å². The second-order valence-corrected chi connectivity index (χ2v) is 9.31. The first-order valence-electron chi connectivity index (χ1n) is 12.6. The van der Waals surface area contributed by atoms with Crippen molar-refractivity contribution in [3.63, 3.8) is 0 Å². The number of ether oxygens (including phenoxy) is 3. The van der Waals surface area contributed by atoms with E-state index in [1.54, 1.807) is 33.2 Å². The topological polar surface area (TPSA) is 71.6 Å². The first kappa shape index (κ1) is 26.4. The van der Waals surface area contributed by atoms with E-state index in [1.807, 2.05) is 42.5 Å². The van der Waals surface area contributed by atoms with Gasteiger partial charge in [0.05, 0.1) is 33.4 Å². The van der Waals surface area contributed by atoms with E-state index in [0.717, 1.165) is 11.1 Å². The van der Waals surface area contributed by atoms with Crippen LogP contribution in [0.1, 0.15) is 30.9 Å². The van der Waals surface area contributed by atoms with Gasteiger partial charge in [-0.25, -0.2) is 4.79 Å². The average Bonchev–Trinajstić information content (AvgIpc) is 3.12. The average molecular weight is 506 g/mol. The fourth-order valence-electron chi connectivity index (χ4n) is 5.30. The van der Waals surface area contributed by atoms with E-state index < -0.39 is 5.54 Å². The van der Waals surface area contributed by atoms with Gasteiger partial charge in [0.2, 0.25) is 0 Å². The summed E-state index contributed by atoms with van der Waals surface area (Å²) >= 11 is 0. The van der Waals surface area contributed by atoms with Gasteiger partial charge in [0, 0.05) is 38.3 Å². The molecule has 0 bridgehead atoms. The van der Waals surface area contributed by atoms with Gasteiger partial charge in [-0.15, -0.1) is 5.92 Å². The Morgan fingerprint density at radius 3 is 2.16 bits per heavy atom. The number of amides is 3. The molecule has 2 saturated heterocycles. The smallest absolute Gasteiger partial charge is 0.328 e. The fraction of sp³-hybridized carbons (Fsp3) is 0.448. The third-order valence-electron chi connectivity index (χ3n) is 7.38. The van der Waals surface area contributed by atoms with Gasteiger partial charge in [-0.05, 0) is 31.7 Å². The normalized spacial score (nSPS) is 17.1. The Hall–Kier alpha value is -3.70. The van der Waals surface area contributed by atoms with Gasteiger partial charge in [0.1, 0.15) is 22.8 Å². The van der Waals surface area contributed by atoms with E-state index in [4.69, 9.17) is 14.2 Å². The molecule has 0 atom stereocenters. The minimum absolute atomic E-state index is 0.127. The number of imide groups is 1. The number of methoxy groups -OCH3 is 3. The van der Waals surface area contributed by atoms with E-state index in [2.05, 4.69) is 16.7 Å². The van der Waals surface area contributed by atoms with Crippen LogP contribution in [0.25, 0.3) is 0 Å². The summed E-state index contributed by atoms with van der Waals surface area (Å²) in [6.45, 7) is 4.25. The van der Waals surface area contributed by atoms with Crippen molar-refractivity contribution in [3.8, 4) is 29.1 Å². The molecular weight excluding hydrogens is 470 g/mol. The van der Waals surface area contributed by atoms with Gasteiger partial charge in [0.15, 0.2) is 0 Å². The SMILES string of the molecule is CC#CCN1C(=O)N(CCc2ccccc2)C2(CCN(Cc3c(OC)cc(OC)cc3OC)CC2)C1=O. The van der Waals surface area contributed by atoms with Crippen LogP contribution in [0.4, 0.5) is 4.79 Å². The van der Waals surface area contributed by atoms with Crippen LogP contribution in [0, 0.1) is 11.8 Å². The Bertz CT molecular complexity index is 1150. The molecule has 0 saturated carbocycles. The van der Waals surface area contributed by atoms with Crippen LogP contribution in [0.5, 0.6) is 17.2 Å². The highest BCUT2D eigenvalue weighted by Crippen LogP contribution is 2.40. The van der Waals surface area contributed by atoms with Crippen LogP contribution < -0.4 is 14.2 Å². The van der Waals surface area contributed by atoms with Crippen molar-refractivity contribution < 1.29 is 23.8 Å². The largest absolute Gasteiger partial charge is 0.496 e. The lowest BCUT2D eigenvalue weighted by atomic mass is 9.85. The molecule has 0 aliphatic carbocycles. The van der Waals surface area contributed by atoms with Crippen molar-refractivity contribution in [3.05, 3.63) is 53.6 Å². The molecule has 0 aromatic heterocycles. The van der Waals surface area contributed by atoms with E-state index in [9.17, 15) is 9.59 Å². The number of likely N-dealkylation sites (tertiary alicyclic amines) is 1. The maximum atomic E-state index is 13.7. The zero-order chi connectivity index (χ0) is 26.4. The fourth-order valence-corrected chi connectivity index (χ4v) is 5.30. The molecule has 2 aliphatic heterocycles. The molecule has 37 heavy (non-hydrogen) atoms. The number of carbonyl (C=O) groups is 2. The molecule has 0 radical (unpaired) electrons. The summed E-state index contributed by atoms with van der Waals surface area (Å²) in [7, 11) is 4.87. The van der Waals surface area contributed by atoms with Crippen LogP contribution >= 0.6 is 0 Å². The van der Waals surface area contributed by atoms with Crippen LogP contribution in [0.15, 0.2) is 42.5 Å². The van der Waals surface area contributed by atoms with E-state index in [-0.39, 0.29) is 18.5 Å². The van der Waals surface area contributed by atoms with Crippen molar-refractivity contribution >= 4 is 11.9 Å². The predicted octanol–water partition coefficient (Wildman–Crippen LogP) is 3.58. The first-order valence-corrected chi connectivity index (χ1v) is 12.6. The number of piperidine rings is 1. The molecule has 2 aromatic carbocycles. The Balaban J connectivity index is 1.54. The lowest BCUT2D eigenvalue weighted by Crippen LogP contribution is -2.56. The number of rotatable bonds is 9. The Kier molecular flexibility index (Phi) is 8.24. The lowest BCUT2D eigenvalue weighted by Gasteiger charge is -2.42. The van der Waals surface area contributed by atoms with Crippen LogP contribution in [-0.2, 0) is 17.8 Å². The lowest BCUT2D eigenvalue weighted by molar-refractivity contribution is -0.135. The van der Waals surface area contributed by atoms with Crippen LogP contribution in [0.2, 0.25) is 0 Å². The Labute approximate surface area is 219 Å². The Morgan fingerprint density at radius 1 is 0.946 bits per heavy atom. The number of urea groups is 1. The van der Waals surface area contributed by atoms with Gasteiger partial charge in [0.25, 0.3) is 5.91 Å². The van der Waals surface area contributed by atoms with Gasteiger partial charge in [-0.1, -0.05) is 36.3 Å². The zero-order valence-corrected chi connectivity index (χ0v) is 22.1. The van der Waals surface area contributed by atoms with Crippen LogP contribution in [0.3, 0.4) is 0 Å². The molecule has 3 amide bonds. The summed E-state index contributed by atoms with van der Waals surface area (Å²) in [6.07, 6.45) is 1.81. The quantitative estimate of drug-likeness (QED) is 0.383. The van der Waals surface area contributed by atoms with Gasteiger partial charge >= 0.3 is 6.03 Å². The standard InChI is InChI=1S/C29H35N3O5/c1-5-6-15-31-27(33)29(32(28(31)34)16-12-22-10-8-7-9-11-22)13-17-30(18-14-29)21-24-25(36-3)19-23(35-2)20-26(24)37-4/h7-11,19-20H,12-18,21H2,1-4H3. The first-order chi connectivity index (χ1) is 18.0. The monoisotopic (exact) mass is 505 g/mol. The summed E-state index contributed by atoms with van der Waals surface area (Å²) in [6, 6.07) is 13.5. The Morgan fingerprint density at radius 2 is 1.59 bits per heavy atom. The van der Waals surface area contributed by atoms with E-state index in [1.165, 1.54) is 4.90 Å². The highest BCUT2D eigenvalue weighted by molar-refractivity contribution is 6.07. The highest BCUT2D eigenvalue weighted by Gasteiger charge is 2.57. The molecule has 2 heterocycles. The van der Waals surface area contributed by atoms with E-state index in [0.29, 0.717) is 62.7 Å². The predicted molar refractivity (Wildman–Crippen MR) is 141 cm³/mol. The molecule has 2 fully saturated rings. The van der Waals surface area contributed by atoms with Crippen molar-refractivity contribution in [1.82, 2.24) is 14.7 Å². The summed E-state index contributed by atoms with van der Waals surface area (Å²) < 4.78 is 16.6. The summed E-state index contributed by atoms with van der Waals surface area (Å²) in [5.74, 6) is 7.62. The molecule has 8 nitrogen and oxygen atoms in total. The van der Waals surface area contributed by atoms with Crippen molar-refractivity contribution in [2.75, 3.05) is 47.5 Å². The zero-order valence-electron chi connectivity index (χ0n) is 22.1. The number of hydrogen-bond donors (Lipinski definition) is 0. The molecule has 196 valence electrons. The number of hydrogen-bond acceptors (Lipinski definition) is 6. The molecule has 2 aromatic rings. The molecule has 1 spiro atoms. The number of carbonyl (C=O) groups excluding carboxylic acids is 2. The molecule has 4 rings (SSSR count). The third kappa shape index (κ3) is 5.23. The second kappa shape index (κ2) is 11.6. The molecule has 0 N–H and O–H groups in total. The van der Waals surface area contributed by atoms with Crippen molar-refractivity contribution in [1.29, 1.82) is 0 Å². The summed E-state index contributed by atoms with van der Waals surface area (Å²) in [4.78, 5) is 32.5. The molecule has 0 unspecified atom stereocenters. The highest BCUT2D eigenvalue weighted by atomic mass is 16.5. The second-order valence-electron chi connectivity index (χ2n) is 9.31. The third-order valence-corrected chi connectivity index (χ3v) is 7.38. The maximum Gasteiger partial charge on any atom is 0.328 e. The minimum atomic E-state index is -0.841.